The molecule has 0 aliphatic rings. The molecule has 0 spiro atoms. The van der Waals surface area contributed by atoms with Gasteiger partial charge in [0.05, 0.1) is 24.9 Å². The zero-order chi connectivity index (χ0) is 32.2. The fourth-order valence-electron chi connectivity index (χ4n) is 4.03. The number of carboxylic acids is 1. The molecule has 3 rings (SSSR count). The number of anilines is 3. The number of carboxylic acid groups (broad SMARTS) is 1. The van der Waals surface area contributed by atoms with E-state index < -0.39 is 17.9 Å². The summed E-state index contributed by atoms with van der Waals surface area (Å²) in [4.78, 5) is 62.6. The normalized spacial score (nSPS) is 11.9. The van der Waals surface area contributed by atoms with Crippen molar-refractivity contribution >= 4 is 58.3 Å². The molecule has 44 heavy (non-hydrogen) atoms. The van der Waals surface area contributed by atoms with Gasteiger partial charge in [-0.3, -0.25) is 19.4 Å². The molecule has 0 bridgehead atoms. The lowest BCUT2D eigenvalue weighted by molar-refractivity contribution is -0.137. The van der Waals surface area contributed by atoms with Gasteiger partial charge >= 0.3 is 5.97 Å². The average Bonchev–Trinajstić information content (AvgIpc) is 2.95. The van der Waals surface area contributed by atoms with Crippen LogP contribution in [0.5, 0.6) is 0 Å². The van der Waals surface area contributed by atoms with Gasteiger partial charge in [-0.15, -0.1) is 0 Å². The van der Waals surface area contributed by atoms with Gasteiger partial charge in [0.2, 0.25) is 17.8 Å². The van der Waals surface area contributed by atoms with Gasteiger partial charge < -0.3 is 49.3 Å². The monoisotopic (exact) mass is 608 g/mol. The summed E-state index contributed by atoms with van der Waals surface area (Å²) in [6.07, 6.45) is 1.87. The molecule has 0 fully saturated rings. The summed E-state index contributed by atoms with van der Waals surface area (Å²) in [5, 5.41) is 14.7. The molecular formula is C26H36N14O4. The van der Waals surface area contributed by atoms with Crippen molar-refractivity contribution in [3.05, 3.63) is 41.7 Å². The highest BCUT2D eigenvalue weighted by Gasteiger charge is 2.19. The summed E-state index contributed by atoms with van der Waals surface area (Å²) in [6.45, 7) is 0.993. The molecule has 1 atom stereocenters. The number of carbonyl (C=O) groups is 3. The lowest BCUT2D eigenvalue weighted by Crippen LogP contribution is -2.37. The fraction of sp³-hybridized carbons (Fsp3) is 0.346. The Hall–Kier alpha value is -5.81. The van der Waals surface area contributed by atoms with Gasteiger partial charge in [-0.25, -0.2) is 9.97 Å². The van der Waals surface area contributed by atoms with Gasteiger partial charge in [0.15, 0.2) is 22.9 Å². The van der Waals surface area contributed by atoms with Crippen molar-refractivity contribution in [3.8, 4) is 0 Å². The Morgan fingerprint density at radius 1 is 1.07 bits per heavy atom. The lowest BCUT2D eigenvalue weighted by Gasteiger charge is -2.20. The second-order valence-corrected chi connectivity index (χ2v) is 9.69. The summed E-state index contributed by atoms with van der Waals surface area (Å²) < 4.78 is 0. The van der Waals surface area contributed by atoms with Gasteiger partial charge in [0.25, 0.3) is 5.91 Å². The van der Waals surface area contributed by atoms with Crippen molar-refractivity contribution in [3.63, 3.8) is 0 Å². The van der Waals surface area contributed by atoms with E-state index in [1.807, 2.05) is 11.9 Å². The largest absolute Gasteiger partial charge is 0.481 e. The maximum Gasteiger partial charge on any atom is 0.305 e. The highest BCUT2D eigenvalue weighted by atomic mass is 16.4. The van der Waals surface area contributed by atoms with Crippen LogP contribution in [0.1, 0.15) is 41.7 Å². The van der Waals surface area contributed by atoms with E-state index in [0.29, 0.717) is 48.5 Å². The molecule has 3 aromatic rings. The summed E-state index contributed by atoms with van der Waals surface area (Å²) in [5.41, 5.74) is 29.8. The van der Waals surface area contributed by atoms with Gasteiger partial charge in [-0.1, -0.05) is 0 Å². The standard InChI is InChI=1S/C26H36N14O4/c1-40(13-16-12-34-22-20(35-16)21(27)37-26(31)38-22)17-6-3-14(4-7-17)23(44)36-15(11-19(42)43)5-8-18(41)32-9-2-10-33-25(30)39-24(28)29/h3-4,6-7,12,15H,2,5,8-11,13H2,1H3,(H,32,41)(H,36,44)(H,42,43)(H4,27,31,34,37,38)(H6,28,29,30,33,39)/t15-/m0/s1. The Kier molecular flexibility index (Phi) is 11.5. The Balaban J connectivity index is 1.51. The molecule has 0 aliphatic carbocycles. The van der Waals surface area contributed by atoms with Crippen molar-refractivity contribution in [2.75, 3.05) is 36.5 Å². The third kappa shape index (κ3) is 10.2. The number of hydrogen-bond acceptors (Lipinski definition) is 11. The van der Waals surface area contributed by atoms with Crippen molar-refractivity contribution in [1.82, 2.24) is 30.6 Å². The molecule has 0 unspecified atom stereocenters. The average molecular weight is 609 g/mol. The number of amides is 2. The molecule has 18 nitrogen and oxygen atoms in total. The van der Waals surface area contributed by atoms with E-state index in [4.69, 9.17) is 28.7 Å². The SMILES string of the molecule is CN(Cc1cnc2nc(N)nc(N)c2n1)c1ccc(C(=O)N[C@@H](CCC(=O)NCCCN=C(N)N=C(N)N)CC(=O)O)cc1. The van der Waals surface area contributed by atoms with Crippen LogP contribution in [0.25, 0.3) is 11.2 Å². The molecule has 18 heteroatoms. The smallest absolute Gasteiger partial charge is 0.305 e. The molecule has 234 valence electrons. The minimum absolute atomic E-state index is 0.0141. The van der Waals surface area contributed by atoms with E-state index in [9.17, 15) is 19.5 Å². The van der Waals surface area contributed by atoms with Crippen LogP contribution in [-0.4, -0.2) is 80.9 Å². The molecule has 2 heterocycles. The Morgan fingerprint density at radius 2 is 1.80 bits per heavy atom. The minimum atomic E-state index is -1.10. The van der Waals surface area contributed by atoms with Crippen LogP contribution in [0.2, 0.25) is 0 Å². The number of aromatic nitrogens is 4. The van der Waals surface area contributed by atoms with Crippen LogP contribution < -0.4 is 44.2 Å². The number of carbonyl (C=O) groups excluding carboxylic acids is 2. The quantitative estimate of drug-likeness (QED) is 0.0597. The van der Waals surface area contributed by atoms with Crippen LogP contribution in [0, 0.1) is 0 Å². The van der Waals surface area contributed by atoms with E-state index in [2.05, 4.69) is 40.6 Å². The summed E-state index contributed by atoms with van der Waals surface area (Å²) in [6, 6.07) is 5.98. The summed E-state index contributed by atoms with van der Waals surface area (Å²) in [7, 11) is 1.84. The maximum absolute atomic E-state index is 12.9. The van der Waals surface area contributed by atoms with Crippen molar-refractivity contribution < 1.29 is 19.5 Å². The number of guanidine groups is 2. The first-order valence-electron chi connectivity index (χ1n) is 13.5. The number of nitrogens with one attached hydrogen (secondary N) is 2. The van der Waals surface area contributed by atoms with Gasteiger partial charge in [0, 0.05) is 43.9 Å². The Labute approximate surface area is 252 Å². The van der Waals surface area contributed by atoms with Crippen LogP contribution >= 0.6 is 0 Å². The van der Waals surface area contributed by atoms with E-state index in [1.165, 1.54) is 0 Å². The van der Waals surface area contributed by atoms with E-state index in [0.717, 1.165) is 5.69 Å². The topological polar surface area (TPSA) is 305 Å². The third-order valence-electron chi connectivity index (χ3n) is 6.12. The first kappa shape index (κ1) is 32.7. The molecule has 2 amide bonds. The van der Waals surface area contributed by atoms with Crippen LogP contribution in [-0.2, 0) is 16.1 Å². The van der Waals surface area contributed by atoms with Crippen molar-refractivity contribution in [1.29, 1.82) is 0 Å². The van der Waals surface area contributed by atoms with E-state index >= 15 is 0 Å². The predicted molar refractivity (Wildman–Crippen MR) is 165 cm³/mol. The Morgan fingerprint density at radius 3 is 2.48 bits per heavy atom. The zero-order valence-electron chi connectivity index (χ0n) is 24.1. The van der Waals surface area contributed by atoms with Crippen LogP contribution in [0.4, 0.5) is 17.5 Å². The predicted octanol–water partition coefficient (Wildman–Crippen LogP) is -1.33. The number of nitrogens with zero attached hydrogens (tertiary/aromatic N) is 7. The fourth-order valence-corrected chi connectivity index (χ4v) is 4.03. The Bertz CT molecular complexity index is 1540. The minimum Gasteiger partial charge on any atom is -0.481 e. The number of hydrogen-bond donors (Lipinski definition) is 8. The highest BCUT2D eigenvalue weighted by Crippen LogP contribution is 2.19. The van der Waals surface area contributed by atoms with Gasteiger partial charge in [0.1, 0.15) is 0 Å². The molecule has 0 aliphatic heterocycles. The van der Waals surface area contributed by atoms with Crippen LogP contribution in [0.15, 0.2) is 40.4 Å². The van der Waals surface area contributed by atoms with Crippen molar-refractivity contribution in [2.45, 2.75) is 38.3 Å². The third-order valence-corrected chi connectivity index (χ3v) is 6.12. The van der Waals surface area contributed by atoms with Crippen LogP contribution in [0.3, 0.4) is 0 Å². The van der Waals surface area contributed by atoms with E-state index in [1.54, 1.807) is 30.5 Å². The number of aliphatic imine (C=N–C) groups is 2. The molecule has 1 aromatic carbocycles. The zero-order valence-corrected chi connectivity index (χ0v) is 24.1. The molecule has 0 saturated carbocycles. The number of rotatable bonds is 14. The number of aliphatic carboxylic acids is 1. The molecule has 0 radical (unpaired) electrons. The second kappa shape index (κ2) is 15.4. The molecule has 2 aromatic heterocycles. The van der Waals surface area contributed by atoms with E-state index in [-0.39, 0.29) is 48.9 Å². The summed E-state index contributed by atoms with van der Waals surface area (Å²) in [5.74, 6) is -1.97. The first-order chi connectivity index (χ1) is 20.9. The number of benzene rings is 1. The summed E-state index contributed by atoms with van der Waals surface area (Å²) >= 11 is 0. The molecule has 0 saturated heterocycles. The number of fused-ring (bicyclic) bond motifs is 1. The molecular weight excluding hydrogens is 572 g/mol. The van der Waals surface area contributed by atoms with Crippen molar-refractivity contribution in [2.24, 2.45) is 27.2 Å². The number of nitrogens with two attached hydrogens (primary N) is 5. The van der Waals surface area contributed by atoms with Gasteiger partial charge in [-0.05, 0) is 37.1 Å². The molecule has 13 N–H and O–H groups in total. The lowest BCUT2D eigenvalue weighted by atomic mass is 10.1. The second-order valence-electron chi connectivity index (χ2n) is 9.69. The maximum atomic E-state index is 12.9. The first-order valence-corrected chi connectivity index (χ1v) is 13.5. The number of nitrogen functional groups attached to an aromatic ring is 2. The van der Waals surface area contributed by atoms with Gasteiger partial charge in [-0.2, -0.15) is 15.0 Å². The highest BCUT2D eigenvalue weighted by molar-refractivity contribution is 5.95.